The van der Waals surface area contributed by atoms with E-state index in [-0.39, 0.29) is 23.2 Å². The van der Waals surface area contributed by atoms with Gasteiger partial charge in [-0.1, -0.05) is 15.9 Å². The number of halogens is 1. The smallest absolute Gasteiger partial charge is 0.275 e. The average Bonchev–Trinajstić information content (AvgIpc) is 2.20. The minimum absolute atomic E-state index is 0.0435. The number of anilines is 1. The fourth-order valence-corrected chi connectivity index (χ4v) is 1.36. The van der Waals surface area contributed by atoms with Gasteiger partial charge in [-0.25, -0.2) is 0 Å². The first-order valence-electron chi connectivity index (χ1n) is 4.15. The van der Waals surface area contributed by atoms with Crippen molar-refractivity contribution in [1.29, 1.82) is 0 Å². The number of hydrogen-bond donors (Lipinski definition) is 1. The van der Waals surface area contributed by atoms with Crippen LogP contribution in [-0.4, -0.2) is 16.0 Å². The molecule has 1 aromatic carbocycles. The summed E-state index contributed by atoms with van der Waals surface area (Å²) in [5.41, 5.74) is 6.03. The van der Waals surface area contributed by atoms with Crippen LogP contribution in [0.1, 0.15) is 5.56 Å². The highest BCUT2D eigenvalue weighted by Gasteiger charge is 2.15. The summed E-state index contributed by atoms with van der Waals surface area (Å²) in [7, 11) is 0. The fourth-order valence-electron chi connectivity index (χ4n) is 1.16. The first kappa shape index (κ1) is 11.6. The maximum atomic E-state index is 11.1. The van der Waals surface area contributed by atoms with Gasteiger partial charge in [-0.05, 0) is 12.1 Å². The van der Waals surface area contributed by atoms with E-state index in [1.165, 1.54) is 12.1 Å². The van der Waals surface area contributed by atoms with Crippen molar-refractivity contribution < 1.29 is 9.72 Å². The number of nitro benzene ring substituents is 1. The Bertz CT molecular complexity index is 406. The molecule has 0 aliphatic carbocycles. The maximum absolute atomic E-state index is 11.1. The lowest BCUT2D eigenvalue weighted by molar-refractivity contribution is -0.385. The van der Waals surface area contributed by atoms with Crippen LogP contribution in [-0.2, 0) is 11.2 Å². The van der Waals surface area contributed by atoms with Crippen LogP contribution in [0.25, 0.3) is 0 Å². The third-order valence-corrected chi connectivity index (χ3v) is 2.47. The Balaban J connectivity index is 3.06. The molecule has 0 aliphatic rings. The van der Waals surface area contributed by atoms with E-state index in [0.717, 1.165) is 0 Å². The number of Topliss-reactive ketones (excluding diaryl/α,β-unsaturated/α-hetero) is 1. The van der Waals surface area contributed by atoms with E-state index in [4.69, 9.17) is 5.73 Å². The summed E-state index contributed by atoms with van der Waals surface area (Å²) in [5.74, 6) is -0.108. The molecule has 1 rings (SSSR count). The Kier molecular flexibility index (Phi) is 3.79. The standard InChI is InChI=1S/C9H9BrN2O3/c10-5-8(13)3-6-1-2-7(11)4-9(6)12(14)15/h1-2,4H,3,5,11H2. The average molecular weight is 273 g/mol. The molecule has 0 unspecified atom stereocenters. The van der Waals surface area contributed by atoms with Crippen LogP contribution in [0.3, 0.4) is 0 Å². The van der Waals surface area contributed by atoms with E-state index in [9.17, 15) is 14.9 Å². The Hall–Kier alpha value is -1.43. The van der Waals surface area contributed by atoms with Crippen molar-refractivity contribution in [3.05, 3.63) is 33.9 Å². The predicted octanol–water partition coefficient (Wildman–Crippen LogP) is 1.68. The van der Waals surface area contributed by atoms with E-state index in [1.807, 2.05) is 0 Å². The van der Waals surface area contributed by atoms with Crippen LogP contribution in [0.2, 0.25) is 0 Å². The monoisotopic (exact) mass is 272 g/mol. The van der Waals surface area contributed by atoms with Crippen molar-refractivity contribution in [3.8, 4) is 0 Å². The highest BCUT2D eigenvalue weighted by Crippen LogP contribution is 2.22. The number of nitrogen functional groups attached to an aromatic ring is 1. The highest BCUT2D eigenvalue weighted by atomic mass is 79.9. The van der Waals surface area contributed by atoms with Gasteiger partial charge < -0.3 is 5.73 Å². The topological polar surface area (TPSA) is 86.2 Å². The van der Waals surface area contributed by atoms with Gasteiger partial charge in [-0.2, -0.15) is 0 Å². The molecule has 0 atom stereocenters. The third kappa shape index (κ3) is 3.02. The lowest BCUT2D eigenvalue weighted by atomic mass is 10.1. The predicted molar refractivity (Wildman–Crippen MR) is 60.0 cm³/mol. The van der Waals surface area contributed by atoms with Crippen LogP contribution in [0.4, 0.5) is 11.4 Å². The number of alkyl halides is 1. The number of benzene rings is 1. The summed E-state index contributed by atoms with van der Waals surface area (Å²) in [6, 6.07) is 4.31. The van der Waals surface area contributed by atoms with Gasteiger partial charge in [0.1, 0.15) is 5.78 Å². The Labute approximate surface area is 94.5 Å². The van der Waals surface area contributed by atoms with Crippen molar-refractivity contribution in [1.82, 2.24) is 0 Å². The van der Waals surface area contributed by atoms with Gasteiger partial charge in [0.15, 0.2) is 0 Å². The largest absolute Gasteiger partial charge is 0.399 e. The van der Waals surface area contributed by atoms with E-state index in [2.05, 4.69) is 15.9 Å². The van der Waals surface area contributed by atoms with Gasteiger partial charge >= 0.3 is 0 Å². The summed E-state index contributed by atoms with van der Waals surface area (Å²) in [6.45, 7) is 0. The van der Waals surface area contributed by atoms with Crippen molar-refractivity contribution in [2.45, 2.75) is 6.42 Å². The Morgan fingerprint density at radius 2 is 2.20 bits per heavy atom. The zero-order chi connectivity index (χ0) is 11.4. The van der Waals surface area contributed by atoms with Crippen molar-refractivity contribution >= 4 is 33.1 Å². The van der Waals surface area contributed by atoms with Gasteiger partial charge in [-0.15, -0.1) is 0 Å². The van der Waals surface area contributed by atoms with E-state index < -0.39 is 4.92 Å². The van der Waals surface area contributed by atoms with E-state index in [1.54, 1.807) is 6.07 Å². The minimum atomic E-state index is -0.535. The van der Waals surface area contributed by atoms with Crippen molar-refractivity contribution in [2.24, 2.45) is 0 Å². The molecule has 0 bridgehead atoms. The summed E-state index contributed by atoms with van der Waals surface area (Å²) >= 11 is 3.00. The maximum Gasteiger partial charge on any atom is 0.275 e. The van der Waals surface area contributed by atoms with Crippen LogP contribution in [0.5, 0.6) is 0 Å². The molecular weight excluding hydrogens is 264 g/mol. The molecule has 0 saturated carbocycles. The lowest BCUT2D eigenvalue weighted by Crippen LogP contribution is -2.06. The first-order valence-corrected chi connectivity index (χ1v) is 5.27. The van der Waals surface area contributed by atoms with Crippen LogP contribution in [0.15, 0.2) is 18.2 Å². The third-order valence-electron chi connectivity index (χ3n) is 1.84. The zero-order valence-corrected chi connectivity index (χ0v) is 9.36. The molecule has 0 radical (unpaired) electrons. The quantitative estimate of drug-likeness (QED) is 0.391. The molecule has 0 spiro atoms. The molecule has 0 fully saturated rings. The van der Waals surface area contributed by atoms with Gasteiger partial charge in [-0.3, -0.25) is 14.9 Å². The molecule has 6 heteroatoms. The first-order chi connectivity index (χ1) is 7.04. The summed E-state index contributed by atoms with van der Waals surface area (Å²) in [4.78, 5) is 21.3. The van der Waals surface area contributed by atoms with E-state index >= 15 is 0 Å². The number of nitrogens with zero attached hydrogens (tertiary/aromatic N) is 1. The number of hydrogen-bond acceptors (Lipinski definition) is 4. The van der Waals surface area contributed by atoms with Crippen LogP contribution in [0, 0.1) is 10.1 Å². The van der Waals surface area contributed by atoms with Crippen LogP contribution < -0.4 is 5.73 Å². The minimum Gasteiger partial charge on any atom is -0.399 e. The molecule has 0 amide bonds. The van der Waals surface area contributed by atoms with Crippen LogP contribution >= 0.6 is 15.9 Å². The molecule has 0 heterocycles. The molecule has 5 nitrogen and oxygen atoms in total. The second-order valence-corrected chi connectivity index (χ2v) is 3.56. The molecule has 1 aromatic rings. The SMILES string of the molecule is Nc1ccc(CC(=O)CBr)c([N+](=O)[O-])c1. The number of nitro groups is 1. The van der Waals surface area contributed by atoms with Gasteiger partial charge in [0.25, 0.3) is 5.69 Å². The van der Waals surface area contributed by atoms with Gasteiger partial charge in [0.05, 0.1) is 10.3 Å². The van der Waals surface area contributed by atoms with Gasteiger partial charge in [0, 0.05) is 23.7 Å². The second kappa shape index (κ2) is 4.88. The molecule has 0 saturated heterocycles. The number of nitrogens with two attached hydrogens (primary N) is 1. The van der Waals surface area contributed by atoms with Crippen molar-refractivity contribution in [3.63, 3.8) is 0 Å². The molecule has 2 N–H and O–H groups in total. The molecule has 0 aromatic heterocycles. The zero-order valence-electron chi connectivity index (χ0n) is 7.77. The Morgan fingerprint density at radius 3 is 2.73 bits per heavy atom. The number of carbonyl (C=O) groups excluding carboxylic acids is 1. The molecular formula is C9H9BrN2O3. The number of ketones is 1. The summed E-state index contributed by atoms with van der Waals surface area (Å²) in [6.07, 6.45) is 0.0435. The Morgan fingerprint density at radius 1 is 1.53 bits per heavy atom. The molecule has 15 heavy (non-hydrogen) atoms. The molecule has 80 valence electrons. The second-order valence-electron chi connectivity index (χ2n) is 2.99. The number of carbonyl (C=O) groups is 1. The van der Waals surface area contributed by atoms with Gasteiger partial charge in [0.2, 0.25) is 0 Å². The fraction of sp³-hybridized carbons (Fsp3) is 0.222. The summed E-state index contributed by atoms with van der Waals surface area (Å²) in [5, 5.41) is 10.9. The summed E-state index contributed by atoms with van der Waals surface area (Å²) < 4.78 is 0. The lowest BCUT2D eigenvalue weighted by Gasteiger charge is -2.01. The highest BCUT2D eigenvalue weighted by molar-refractivity contribution is 9.09. The van der Waals surface area contributed by atoms with Crippen molar-refractivity contribution in [2.75, 3.05) is 11.1 Å². The molecule has 0 aliphatic heterocycles. The number of rotatable bonds is 4. The van der Waals surface area contributed by atoms with E-state index in [0.29, 0.717) is 11.3 Å². The normalized spacial score (nSPS) is 9.93.